The Morgan fingerprint density at radius 3 is 2.30 bits per heavy atom. The van der Waals surface area contributed by atoms with E-state index in [0.717, 1.165) is 23.6 Å². The number of carbonyl (C=O) groups is 3. The van der Waals surface area contributed by atoms with Gasteiger partial charge < -0.3 is 9.64 Å². The van der Waals surface area contributed by atoms with Crippen molar-refractivity contribution in [1.29, 1.82) is 0 Å². The summed E-state index contributed by atoms with van der Waals surface area (Å²) >= 11 is 0. The van der Waals surface area contributed by atoms with Gasteiger partial charge in [0.15, 0.2) is 6.61 Å². The van der Waals surface area contributed by atoms with Gasteiger partial charge in [0.25, 0.3) is 5.91 Å². The minimum Gasteiger partial charge on any atom is -0.452 e. The Morgan fingerprint density at radius 1 is 0.963 bits per heavy atom. The Balaban J connectivity index is 1.47. The highest BCUT2D eigenvalue weighted by atomic mass is 16.5. The Labute approximate surface area is 159 Å². The van der Waals surface area contributed by atoms with E-state index < -0.39 is 18.5 Å². The van der Waals surface area contributed by atoms with Gasteiger partial charge in [0.05, 0.1) is 0 Å². The Morgan fingerprint density at radius 2 is 1.67 bits per heavy atom. The fraction of sp³-hybridized carbons (Fsp3) is 0.476. The number of rotatable bonds is 5. The molecule has 1 aromatic rings. The number of ether oxygens (including phenoxy) is 1. The van der Waals surface area contributed by atoms with Crippen molar-refractivity contribution in [1.82, 2.24) is 4.90 Å². The van der Waals surface area contributed by atoms with Crippen LogP contribution >= 0.6 is 0 Å². The van der Waals surface area contributed by atoms with Crippen LogP contribution < -0.4 is 4.90 Å². The molecule has 0 bridgehead atoms. The molecule has 0 spiro atoms. The second kappa shape index (κ2) is 9.35. The summed E-state index contributed by atoms with van der Waals surface area (Å²) in [6.45, 7) is 2.20. The number of imide groups is 1. The first-order valence-electron chi connectivity index (χ1n) is 9.66. The molecule has 3 rings (SSSR count). The van der Waals surface area contributed by atoms with Crippen molar-refractivity contribution in [2.75, 3.05) is 31.1 Å². The van der Waals surface area contributed by atoms with Gasteiger partial charge in [-0.15, -0.1) is 0 Å². The average molecular weight is 370 g/mol. The largest absolute Gasteiger partial charge is 0.452 e. The highest BCUT2D eigenvalue weighted by molar-refractivity contribution is 5.98. The highest BCUT2D eigenvalue weighted by Gasteiger charge is 2.26. The molecule has 2 aliphatic heterocycles. The van der Waals surface area contributed by atoms with Crippen LogP contribution in [0.15, 0.2) is 30.3 Å². The Hall–Kier alpha value is -2.63. The van der Waals surface area contributed by atoms with E-state index >= 15 is 0 Å². The maximum atomic E-state index is 11.8. The van der Waals surface area contributed by atoms with Gasteiger partial charge in [0.2, 0.25) is 5.91 Å². The molecule has 0 atom stereocenters. The molecule has 0 saturated carbocycles. The molecule has 2 aliphatic rings. The molecule has 0 aliphatic carbocycles. The third-order valence-corrected chi connectivity index (χ3v) is 4.99. The summed E-state index contributed by atoms with van der Waals surface area (Å²) in [6, 6.07) is 8.08. The summed E-state index contributed by atoms with van der Waals surface area (Å²) in [4.78, 5) is 38.7. The van der Waals surface area contributed by atoms with Crippen LogP contribution in [0.25, 0.3) is 6.08 Å². The van der Waals surface area contributed by atoms with Crippen molar-refractivity contribution >= 4 is 29.5 Å². The maximum absolute atomic E-state index is 11.8. The first-order chi connectivity index (χ1) is 13.1. The molecule has 0 radical (unpaired) electrons. The zero-order valence-corrected chi connectivity index (χ0v) is 15.6. The van der Waals surface area contributed by atoms with E-state index in [1.165, 1.54) is 37.4 Å². The summed E-state index contributed by atoms with van der Waals surface area (Å²) in [5.41, 5.74) is 2.10. The van der Waals surface area contributed by atoms with Crippen LogP contribution in [0.4, 0.5) is 5.69 Å². The van der Waals surface area contributed by atoms with E-state index in [1.807, 2.05) is 12.1 Å². The van der Waals surface area contributed by atoms with Crippen LogP contribution in [0, 0.1) is 0 Å². The molecule has 2 fully saturated rings. The molecular formula is C21H26N2O4. The minimum atomic E-state index is -0.591. The van der Waals surface area contributed by atoms with E-state index in [0.29, 0.717) is 19.4 Å². The lowest BCUT2D eigenvalue weighted by Crippen LogP contribution is -2.35. The lowest BCUT2D eigenvalue weighted by Gasteiger charge is -2.22. The number of esters is 1. The molecule has 2 heterocycles. The molecule has 2 amide bonds. The monoisotopic (exact) mass is 370 g/mol. The van der Waals surface area contributed by atoms with Crippen molar-refractivity contribution in [3.05, 3.63) is 35.9 Å². The standard InChI is InChI=1S/C21H26N2O4/c24-19-6-5-15-23(19)20(25)16-27-21(26)12-9-17-7-10-18(11-8-17)22-13-3-1-2-4-14-22/h7-12H,1-6,13-16H2/b12-9+. The molecule has 0 aromatic heterocycles. The van der Waals surface area contributed by atoms with E-state index in [1.54, 1.807) is 6.08 Å². The summed E-state index contributed by atoms with van der Waals surface area (Å²) in [5.74, 6) is -1.25. The van der Waals surface area contributed by atoms with Gasteiger partial charge in [-0.2, -0.15) is 0 Å². The predicted octanol–water partition coefficient (Wildman–Crippen LogP) is 2.77. The Kier molecular flexibility index (Phi) is 6.63. The molecule has 0 N–H and O–H groups in total. The quantitative estimate of drug-likeness (QED) is 0.589. The number of anilines is 1. The summed E-state index contributed by atoms with van der Waals surface area (Å²) < 4.78 is 4.94. The number of benzene rings is 1. The third kappa shape index (κ3) is 5.42. The van der Waals surface area contributed by atoms with Crippen LogP contribution in [0.3, 0.4) is 0 Å². The smallest absolute Gasteiger partial charge is 0.331 e. The predicted molar refractivity (Wildman–Crippen MR) is 103 cm³/mol. The fourth-order valence-electron chi connectivity index (χ4n) is 3.46. The van der Waals surface area contributed by atoms with Crippen molar-refractivity contribution in [3.8, 4) is 0 Å². The molecular weight excluding hydrogens is 344 g/mol. The topological polar surface area (TPSA) is 66.9 Å². The van der Waals surface area contributed by atoms with Crippen molar-refractivity contribution in [2.24, 2.45) is 0 Å². The summed E-state index contributed by atoms with van der Waals surface area (Å²) in [6.07, 6.45) is 9.09. The van der Waals surface area contributed by atoms with E-state index in [2.05, 4.69) is 17.0 Å². The zero-order chi connectivity index (χ0) is 19.1. The second-order valence-corrected chi connectivity index (χ2v) is 6.98. The van der Waals surface area contributed by atoms with Gasteiger partial charge in [-0.25, -0.2) is 4.79 Å². The van der Waals surface area contributed by atoms with Crippen LogP contribution in [0.5, 0.6) is 0 Å². The SMILES string of the molecule is O=C(/C=C/c1ccc(N2CCCCCC2)cc1)OCC(=O)N1CCCC1=O. The van der Waals surface area contributed by atoms with Crippen LogP contribution in [0.1, 0.15) is 44.1 Å². The number of amides is 2. The summed E-state index contributed by atoms with van der Waals surface area (Å²) in [7, 11) is 0. The van der Waals surface area contributed by atoms with Gasteiger partial charge in [-0.05, 0) is 43.0 Å². The average Bonchev–Trinajstić information content (AvgIpc) is 2.94. The third-order valence-electron chi connectivity index (χ3n) is 4.99. The van der Waals surface area contributed by atoms with Gasteiger partial charge >= 0.3 is 5.97 Å². The van der Waals surface area contributed by atoms with E-state index in [4.69, 9.17) is 4.74 Å². The normalized spacial score (nSPS) is 18.0. The lowest BCUT2D eigenvalue weighted by molar-refractivity contribution is -0.151. The number of likely N-dealkylation sites (tertiary alicyclic amines) is 1. The van der Waals surface area contributed by atoms with Crippen molar-refractivity contribution in [2.45, 2.75) is 38.5 Å². The van der Waals surface area contributed by atoms with E-state index in [-0.39, 0.29) is 5.91 Å². The molecule has 144 valence electrons. The molecule has 1 aromatic carbocycles. The lowest BCUT2D eigenvalue weighted by atomic mass is 10.1. The summed E-state index contributed by atoms with van der Waals surface area (Å²) in [5, 5.41) is 0. The zero-order valence-electron chi connectivity index (χ0n) is 15.6. The van der Waals surface area contributed by atoms with Gasteiger partial charge in [-0.1, -0.05) is 25.0 Å². The van der Waals surface area contributed by atoms with Crippen LogP contribution in [-0.2, 0) is 19.1 Å². The van der Waals surface area contributed by atoms with Gasteiger partial charge in [-0.3, -0.25) is 14.5 Å². The number of carbonyl (C=O) groups excluding carboxylic acids is 3. The maximum Gasteiger partial charge on any atom is 0.331 e. The van der Waals surface area contributed by atoms with Crippen LogP contribution in [-0.4, -0.2) is 48.9 Å². The van der Waals surface area contributed by atoms with Crippen molar-refractivity contribution in [3.63, 3.8) is 0 Å². The number of nitrogens with zero attached hydrogens (tertiary/aromatic N) is 2. The number of hydrogen-bond donors (Lipinski definition) is 0. The van der Waals surface area contributed by atoms with Gasteiger partial charge in [0.1, 0.15) is 0 Å². The van der Waals surface area contributed by atoms with Crippen molar-refractivity contribution < 1.29 is 19.1 Å². The Bertz CT molecular complexity index is 703. The molecule has 6 nitrogen and oxygen atoms in total. The fourth-order valence-corrected chi connectivity index (χ4v) is 3.46. The first kappa shape index (κ1) is 19.1. The minimum absolute atomic E-state index is 0.198. The molecule has 27 heavy (non-hydrogen) atoms. The van der Waals surface area contributed by atoms with E-state index in [9.17, 15) is 14.4 Å². The molecule has 6 heteroatoms. The second-order valence-electron chi connectivity index (χ2n) is 6.98. The first-order valence-corrected chi connectivity index (χ1v) is 9.66. The number of hydrogen-bond acceptors (Lipinski definition) is 5. The van der Waals surface area contributed by atoms with Gasteiger partial charge in [0, 0.05) is 37.8 Å². The highest BCUT2D eigenvalue weighted by Crippen LogP contribution is 2.20. The van der Waals surface area contributed by atoms with Crippen LogP contribution in [0.2, 0.25) is 0 Å². The molecule has 2 saturated heterocycles. The molecule has 0 unspecified atom stereocenters.